The van der Waals surface area contributed by atoms with E-state index in [1.54, 1.807) is 18.7 Å². The van der Waals surface area contributed by atoms with Crippen molar-refractivity contribution in [1.82, 2.24) is 10.2 Å². The molecule has 0 aromatic heterocycles. The van der Waals surface area contributed by atoms with Gasteiger partial charge in [-0.2, -0.15) is 0 Å². The number of hydrogen-bond donors (Lipinski definition) is 2. The maximum atomic E-state index is 13.2. The van der Waals surface area contributed by atoms with Gasteiger partial charge in [-0.05, 0) is 44.2 Å². The van der Waals surface area contributed by atoms with Gasteiger partial charge in [-0.25, -0.2) is 0 Å². The van der Waals surface area contributed by atoms with Crippen LogP contribution in [0.25, 0.3) is 0 Å². The summed E-state index contributed by atoms with van der Waals surface area (Å²) in [6.45, 7) is 3.99. The summed E-state index contributed by atoms with van der Waals surface area (Å²) < 4.78 is 5.26. The van der Waals surface area contributed by atoms with Crippen molar-refractivity contribution in [3.05, 3.63) is 47.5 Å². The molecule has 2 aliphatic heterocycles. The zero-order valence-corrected chi connectivity index (χ0v) is 18.3. The maximum Gasteiger partial charge on any atom is 0.306 e. The monoisotopic (exact) mass is 428 g/mol. The Kier molecular flexibility index (Phi) is 7.49. The molecule has 1 aromatic rings. The van der Waals surface area contributed by atoms with E-state index in [1.165, 1.54) is 0 Å². The summed E-state index contributed by atoms with van der Waals surface area (Å²) >= 11 is 0. The summed E-state index contributed by atoms with van der Waals surface area (Å²) in [5.41, 5.74) is 1.49. The molecular weight excluding hydrogens is 396 g/mol. The van der Waals surface area contributed by atoms with Crippen LogP contribution in [0.5, 0.6) is 0 Å². The Labute approximate surface area is 183 Å². The van der Waals surface area contributed by atoms with Crippen LogP contribution in [0.15, 0.2) is 36.4 Å². The minimum atomic E-state index is -0.728. The summed E-state index contributed by atoms with van der Waals surface area (Å²) in [4.78, 5) is 39.7. The van der Waals surface area contributed by atoms with Gasteiger partial charge in [0.05, 0.1) is 24.1 Å². The Morgan fingerprint density at radius 2 is 1.97 bits per heavy atom. The number of nitrogens with zero attached hydrogens (tertiary/aromatic N) is 1. The van der Waals surface area contributed by atoms with E-state index in [0.29, 0.717) is 25.8 Å². The molecule has 0 radical (unpaired) electrons. The zero-order valence-electron chi connectivity index (χ0n) is 18.3. The van der Waals surface area contributed by atoms with E-state index in [9.17, 15) is 19.5 Å². The highest BCUT2D eigenvalue weighted by molar-refractivity contribution is 5.86. The average Bonchev–Trinajstić information content (AvgIpc) is 2.74. The topological polar surface area (TPSA) is 95.9 Å². The van der Waals surface area contributed by atoms with Crippen LogP contribution in [0.2, 0.25) is 0 Å². The van der Waals surface area contributed by atoms with Crippen molar-refractivity contribution in [2.24, 2.45) is 5.92 Å². The molecule has 2 N–H and O–H groups in total. The first-order valence-electron chi connectivity index (χ1n) is 10.9. The van der Waals surface area contributed by atoms with Gasteiger partial charge in [0, 0.05) is 19.4 Å². The summed E-state index contributed by atoms with van der Waals surface area (Å²) in [6.07, 6.45) is 5.61. The number of hydrogen-bond acceptors (Lipinski definition) is 5. The van der Waals surface area contributed by atoms with Gasteiger partial charge in [0.1, 0.15) is 6.61 Å². The first-order valence-corrected chi connectivity index (χ1v) is 10.9. The lowest BCUT2D eigenvalue weighted by atomic mass is 9.92. The Morgan fingerprint density at radius 1 is 1.23 bits per heavy atom. The van der Waals surface area contributed by atoms with Crippen molar-refractivity contribution >= 4 is 17.8 Å². The van der Waals surface area contributed by atoms with E-state index in [1.807, 2.05) is 36.4 Å². The smallest absolute Gasteiger partial charge is 0.306 e. The second kappa shape index (κ2) is 10.1. The number of benzene rings is 1. The van der Waals surface area contributed by atoms with Crippen molar-refractivity contribution in [2.75, 3.05) is 13.2 Å². The number of rotatable bonds is 3. The Balaban J connectivity index is 1.74. The molecule has 7 nitrogen and oxygen atoms in total. The lowest BCUT2D eigenvalue weighted by molar-refractivity contribution is -0.147. The van der Waals surface area contributed by atoms with Crippen molar-refractivity contribution in [2.45, 2.75) is 64.1 Å². The van der Waals surface area contributed by atoms with Crippen LogP contribution in [0.4, 0.5) is 0 Å². The van der Waals surface area contributed by atoms with Crippen molar-refractivity contribution < 1.29 is 24.2 Å². The highest BCUT2D eigenvalue weighted by Gasteiger charge is 2.33. The number of cyclic esters (lactones) is 1. The molecular formula is C24H32N2O5. The summed E-state index contributed by atoms with van der Waals surface area (Å²) in [5.74, 6) is -1.20. The zero-order chi connectivity index (χ0) is 22.4. The van der Waals surface area contributed by atoms with E-state index in [-0.39, 0.29) is 49.9 Å². The first kappa shape index (κ1) is 23.0. The number of esters is 1. The molecule has 0 fully saturated rings. The summed E-state index contributed by atoms with van der Waals surface area (Å²) in [6, 6.07) is 7.65. The fourth-order valence-electron chi connectivity index (χ4n) is 4.04. The molecule has 0 spiro atoms. The van der Waals surface area contributed by atoms with Crippen LogP contribution in [0.3, 0.4) is 0 Å². The van der Waals surface area contributed by atoms with Crippen LogP contribution in [0, 0.1) is 5.92 Å². The van der Waals surface area contributed by atoms with Crippen LogP contribution in [-0.4, -0.2) is 52.6 Å². The number of allylic oxidation sites excluding steroid dienone is 2. The van der Waals surface area contributed by atoms with Gasteiger partial charge in [-0.3, -0.25) is 14.4 Å². The van der Waals surface area contributed by atoms with Crippen molar-refractivity contribution in [3.63, 3.8) is 0 Å². The highest BCUT2D eigenvalue weighted by atomic mass is 16.5. The molecule has 1 aromatic carbocycles. The largest absolute Gasteiger partial charge is 0.463 e. The number of carbonyl (C=O) groups excluding carboxylic acids is 3. The summed E-state index contributed by atoms with van der Waals surface area (Å²) in [7, 11) is 0. The van der Waals surface area contributed by atoms with E-state index in [4.69, 9.17) is 4.74 Å². The minimum absolute atomic E-state index is 0.0602. The van der Waals surface area contributed by atoms with Crippen LogP contribution in [0.1, 0.15) is 50.7 Å². The fourth-order valence-corrected chi connectivity index (χ4v) is 4.04. The summed E-state index contributed by atoms with van der Waals surface area (Å²) in [5, 5.41) is 12.8. The molecule has 7 heteroatoms. The fraction of sp³-hybridized carbons (Fsp3) is 0.542. The number of nitrogens with one attached hydrogen (secondary N) is 1. The van der Waals surface area contributed by atoms with Gasteiger partial charge in [-0.1, -0.05) is 36.4 Å². The molecule has 2 atom stereocenters. The van der Waals surface area contributed by atoms with Gasteiger partial charge < -0.3 is 20.1 Å². The minimum Gasteiger partial charge on any atom is -0.463 e. The third-order valence-corrected chi connectivity index (χ3v) is 5.84. The quantitative estimate of drug-likeness (QED) is 0.568. The second-order valence-corrected chi connectivity index (χ2v) is 9.01. The maximum absolute atomic E-state index is 13.2. The first-order chi connectivity index (χ1) is 14.8. The van der Waals surface area contributed by atoms with Gasteiger partial charge in [-0.15, -0.1) is 0 Å². The van der Waals surface area contributed by atoms with E-state index in [2.05, 4.69) is 5.32 Å². The average molecular weight is 429 g/mol. The molecule has 3 rings (SSSR count). The second-order valence-electron chi connectivity index (χ2n) is 9.01. The molecule has 2 amide bonds. The highest BCUT2D eigenvalue weighted by Crippen LogP contribution is 2.25. The van der Waals surface area contributed by atoms with Gasteiger partial charge in [0.15, 0.2) is 0 Å². The standard InChI is InChI=1S/C24H32N2O5/c1-24(2)16-31-22(29)11-5-3-4-9-18(23(30)25-24)13-21(28)26-14-19-10-7-6-8-17(19)12-20(26)15-27/h3-4,6-8,10,18,20,27H,5,9,11-16H2,1-2H3,(H,25,30)/t18-,20+/m1/s1. The van der Waals surface area contributed by atoms with Crippen LogP contribution >= 0.6 is 0 Å². The van der Waals surface area contributed by atoms with Crippen molar-refractivity contribution in [1.29, 1.82) is 0 Å². The number of aliphatic hydroxyl groups is 1. The van der Waals surface area contributed by atoms with Gasteiger partial charge >= 0.3 is 5.97 Å². The number of carbonyl (C=O) groups is 3. The predicted octanol–water partition coefficient (Wildman–Crippen LogP) is 2.12. The van der Waals surface area contributed by atoms with Gasteiger partial charge in [0.2, 0.25) is 11.8 Å². The van der Waals surface area contributed by atoms with Gasteiger partial charge in [0.25, 0.3) is 0 Å². The van der Waals surface area contributed by atoms with Crippen molar-refractivity contribution in [3.8, 4) is 0 Å². The molecule has 0 saturated heterocycles. The predicted molar refractivity (Wildman–Crippen MR) is 116 cm³/mol. The number of ether oxygens (including phenoxy) is 1. The molecule has 0 aliphatic carbocycles. The molecule has 0 unspecified atom stereocenters. The normalized spacial score (nSPS) is 24.3. The number of aliphatic hydroxyl groups excluding tert-OH is 1. The van der Waals surface area contributed by atoms with Crippen LogP contribution in [-0.2, 0) is 32.1 Å². The number of fused-ring (bicyclic) bond motifs is 1. The Bertz CT molecular complexity index is 848. The Morgan fingerprint density at radius 3 is 2.71 bits per heavy atom. The van der Waals surface area contributed by atoms with E-state index < -0.39 is 11.5 Å². The lowest BCUT2D eigenvalue weighted by Gasteiger charge is -2.37. The molecule has 168 valence electrons. The molecule has 0 bridgehead atoms. The third kappa shape index (κ3) is 6.17. The molecule has 2 heterocycles. The van der Waals surface area contributed by atoms with Crippen LogP contribution < -0.4 is 5.32 Å². The Hall–Kier alpha value is -2.67. The third-order valence-electron chi connectivity index (χ3n) is 5.84. The SMILES string of the molecule is CC1(C)COC(=O)CCC=CC[C@H](CC(=O)N2Cc3ccccc3C[C@H]2CO)C(=O)N1. The molecule has 31 heavy (non-hydrogen) atoms. The lowest BCUT2D eigenvalue weighted by Crippen LogP contribution is -2.51. The van der Waals surface area contributed by atoms with E-state index >= 15 is 0 Å². The molecule has 2 aliphatic rings. The van der Waals surface area contributed by atoms with E-state index in [0.717, 1.165) is 11.1 Å². The molecule has 0 saturated carbocycles. The number of amides is 2.